The van der Waals surface area contributed by atoms with Crippen LogP contribution < -0.4 is 20.1 Å². The van der Waals surface area contributed by atoms with E-state index in [4.69, 9.17) is 9.47 Å². The minimum Gasteiger partial charge on any atom is -0.497 e. The van der Waals surface area contributed by atoms with Crippen molar-refractivity contribution in [2.24, 2.45) is 4.99 Å². The number of aliphatic imine (C=N–C) groups is 1. The van der Waals surface area contributed by atoms with Gasteiger partial charge in [0.2, 0.25) is 0 Å². The summed E-state index contributed by atoms with van der Waals surface area (Å²) in [6, 6.07) is 15.9. The van der Waals surface area contributed by atoms with Crippen LogP contribution in [0.15, 0.2) is 65.9 Å². The first-order chi connectivity index (χ1) is 14.2. The Bertz CT molecular complexity index is 921. The van der Waals surface area contributed by atoms with E-state index in [0.717, 1.165) is 40.8 Å². The second-order valence-corrected chi connectivity index (χ2v) is 6.34. The summed E-state index contributed by atoms with van der Waals surface area (Å²) < 4.78 is 12.6. The minimum atomic E-state index is 0.578. The average Bonchev–Trinajstić information content (AvgIpc) is 3.31. The standard InChI is InChI=1S/C22H27N5O2/c1-4-23-22(25-16-18-8-11-20(28-2)14-21(18)29-3)24-15-17-6-9-19(10-7-17)27-13-5-12-26-27/h5-14H,4,15-16H2,1-3H3,(H2,23,24,25). The van der Waals surface area contributed by atoms with Gasteiger partial charge in [-0.25, -0.2) is 9.67 Å². The van der Waals surface area contributed by atoms with Gasteiger partial charge in [0.05, 0.1) is 26.5 Å². The Kier molecular flexibility index (Phi) is 7.10. The number of ether oxygens (including phenoxy) is 2. The molecule has 2 aromatic carbocycles. The molecule has 0 fully saturated rings. The number of guanidine groups is 1. The fourth-order valence-corrected chi connectivity index (χ4v) is 2.86. The molecule has 3 aromatic rings. The average molecular weight is 393 g/mol. The quantitative estimate of drug-likeness (QED) is 0.454. The van der Waals surface area contributed by atoms with Gasteiger partial charge in [-0.15, -0.1) is 0 Å². The van der Waals surface area contributed by atoms with Gasteiger partial charge in [-0.05, 0) is 42.8 Å². The molecule has 0 aliphatic rings. The van der Waals surface area contributed by atoms with E-state index in [2.05, 4.69) is 32.9 Å². The van der Waals surface area contributed by atoms with E-state index in [0.29, 0.717) is 13.1 Å². The molecular weight excluding hydrogens is 366 g/mol. The minimum absolute atomic E-state index is 0.578. The van der Waals surface area contributed by atoms with Crippen molar-refractivity contribution >= 4 is 5.96 Å². The topological polar surface area (TPSA) is 72.7 Å². The molecule has 0 radical (unpaired) electrons. The number of methoxy groups -OCH3 is 2. The summed E-state index contributed by atoms with van der Waals surface area (Å²) in [5.74, 6) is 2.30. The van der Waals surface area contributed by atoms with Crippen LogP contribution >= 0.6 is 0 Å². The largest absolute Gasteiger partial charge is 0.497 e. The molecule has 0 saturated heterocycles. The Balaban J connectivity index is 1.64. The highest BCUT2D eigenvalue weighted by molar-refractivity contribution is 5.79. The summed E-state index contributed by atoms with van der Waals surface area (Å²) in [5.41, 5.74) is 3.18. The first-order valence-corrected chi connectivity index (χ1v) is 9.55. The van der Waals surface area contributed by atoms with Crippen LogP contribution in [0.25, 0.3) is 5.69 Å². The van der Waals surface area contributed by atoms with Crippen molar-refractivity contribution in [1.29, 1.82) is 0 Å². The molecule has 0 amide bonds. The predicted molar refractivity (Wildman–Crippen MR) is 115 cm³/mol. The lowest BCUT2D eigenvalue weighted by atomic mass is 10.2. The van der Waals surface area contributed by atoms with E-state index in [1.807, 2.05) is 54.2 Å². The van der Waals surface area contributed by atoms with Gasteiger partial charge in [0.25, 0.3) is 0 Å². The smallest absolute Gasteiger partial charge is 0.191 e. The van der Waals surface area contributed by atoms with Gasteiger partial charge in [-0.3, -0.25) is 0 Å². The van der Waals surface area contributed by atoms with Crippen LogP contribution in [-0.4, -0.2) is 36.5 Å². The summed E-state index contributed by atoms with van der Waals surface area (Å²) in [6.07, 6.45) is 3.69. The zero-order valence-electron chi connectivity index (χ0n) is 17.1. The van der Waals surface area contributed by atoms with Gasteiger partial charge in [0, 0.05) is 37.1 Å². The van der Waals surface area contributed by atoms with Gasteiger partial charge in [-0.2, -0.15) is 5.10 Å². The zero-order valence-corrected chi connectivity index (χ0v) is 17.1. The van der Waals surface area contributed by atoms with Crippen LogP contribution in [0.2, 0.25) is 0 Å². The molecule has 1 aromatic heterocycles. The van der Waals surface area contributed by atoms with Gasteiger partial charge in [-0.1, -0.05) is 12.1 Å². The molecule has 0 saturated carbocycles. The van der Waals surface area contributed by atoms with E-state index >= 15 is 0 Å². The van der Waals surface area contributed by atoms with E-state index in [1.54, 1.807) is 20.4 Å². The van der Waals surface area contributed by atoms with Crippen molar-refractivity contribution in [3.05, 3.63) is 72.1 Å². The Morgan fingerprint density at radius 3 is 2.55 bits per heavy atom. The molecule has 7 heteroatoms. The van der Waals surface area contributed by atoms with Gasteiger partial charge >= 0.3 is 0 Å². The van der Waals surface area contributed by atoms with Crippen LogP contribution in [0, 0.1) is 0 Å². The lowest BCUT2D eigenvalue weighted by Crippen LogP contribution is -2.36. The van der Waals surface area contributed by atoms with Crippen molar-refractivity contribution in [3.63, 3.8) is 0 Å². The molecule has 0 bridgehead atoms. The number of hydrogen-bond donors (Lipinski definition) is 2. The molecule has 0 unspecified atom stereocenters. The fourth-order valence-electron chi connectivity index (χ4n) is 2.86. The summed E-state index contributed by atoms with van der Waals surface area (Å²) in [4.78, 5) is 4.69. The second-order valence-electron chi connectivity index (χ2n) is 6.34. The number of nitrogens with zero attached hydrogens (tertiary/aromatic N) is 3. The predicted octanol–water partition coefficient (Wildman–Crippen LogP) is 3.14. The van der Waals surface area contributed by atoms with Crippen molar-refractivity contribution in [2.75, 3.05) is 20.8 Å². The fraction of sp³-hybridized carbons (Fsp3) is 0.273. The molecule has 0 spiro atoms. The maximum absolute atomic E-state index is 5.46. The number of nitrogens with one attached hydrogen (secondary N) is 2. The van der Waals surface area contributed by atoms with Crippen molar-refractivity contribution in [3.8, 4) is 17.2 Å². The Morgan fingerprint density at radius 1 is 1.07 bits per heavy atom. The highest BCUT2D eigenvalue weighted by atomic mass is 16.5. The summed E-state index contributed by atoms with van der Waals surface area (Å²) >= 11 is 0. The SMILES string of the molecule is CCNC(=NCc1ccc(-n2cccn2)cc1)NCc1ccc(OC)cc1OC. The van der Waals surface area contributed by atoms with Crippen molar-refractivity contribution < 1.29 is 9.47 Å². The molecule has 3 rings (SSSR count). The molecule has 0 aliphatic heterocycles. The highest BCUT2D eigenvalue weighted by Gasteiger charge is 2.06. The van der Waals surface area contributed by atoms with E-state index in [9.17, 15) is 0 Å². The summed E-state index contributed by atoms with van der Waals surface area (Å²) in [5, 5.41) is 10.9. The molecule has 1 heterocycles. The van der Waals surface area contributed by atoms with E-state index in [-0.39, 0.29) is 0 Å². The Hall–Kier alpha value is -3.48. The van der Waals surface area contributed by atoms with Crippen molar-refractivity contribution in [2.45, 2.75) is 20.0 Å². The van der Waals surface area contributed by atoms with Gasteiger partial charge < -0.3 is 20.1 Å². The van der Waals surface area contributed by atoms with Crippen LogP contribution in [0.5, 0.6) is 11.5 Å². The van der Waals surface area contributed by atoms with Crippen LogP contribution in [-0.2, 0) is 13.1 Å². The first kappa shape index (κ1) is 20.3. The maximum Gasteiger partial charge on any atom is 0.191 e. The number of aromatic nitrogens is 2. The molecular formula is C22H27N5O2. The monoisotopic (exact) mass is 393 g/mol. The molecule has 152 valence electrons. The maximum atomic E-state index is 5.46. The van der Waals surface area contributed by atoms with Gasteiger partial charge in [0.1, 0.15) is 11.5 Å². The zero-order chi connectivity index (χ0) is 20.5. The third kappa shape index (κ3) is 5.51. The van der Waals surface area contributed by atoms with Gasteiger partial charge in [0.15, 0.2) is 5.96 Å². The summed E-state index contributed by atoms with van der Waals surface area (Å²) in [6.45, 7) is 4.00. The van der Waals surface area contributed by atoms with Crippen LogP contribution in [0.3, 0.4) is 0 Å². The normalized spacial score (nSPS) is 11.2. The second kappa shape index (κ2) is 10.2. The van der Waals surface area contributed by atoms with E-state index in [1.165, 1.54) is 0 Å². The van der Waals surface area contributed by atoms with Crippen LogP contribution in [0.4, 0.5) is 0 Å². The van der Waals surface area contributed by atoms with E-state index < -0.39 is 0 Å². The highest BCUT2D eigenvalue weighted by Crippen LogP contribution is 2.24. The number of hydrogen-bond acceptors (Lipinski definition) is 4. The molecule has 0 atom stereocenters. The third-order valence-electron chi connectivity index (χ3n) is 4.41. The molecule has 29 heavy (non-hydrogen) atoms. The number of rotatable bonds is 8. The Morgan fingerprint density at radius 2 is 1.90 bits per heavy atom. The third-order valence-corrected chi connectivity index (χ3v) is 4.41. The lowest BCUT2D eigenvalue weighted by Gasteiger charge is -2.14. The molecule has 7 nitrogen and oxygen atoms in total. The number of benzene rings is 2. The molecule has 2 N–H and O–H groups in total. The Labute approximate surface area is 171 Å². The summed E-state index contributed by atoms with van der Waals surface area (Å²) in [7, 11) is 3.30. The van der Waals surface area contributed by atoms with Crippen molar-refractivity contribution in [1.82, 2.24) is 20.4 Å². The molecule has 0 aliphatic carbocycles. The van der Waals surface area contributed by atoms with Crippen LogP contribution in [0.1, 0.15) is 18.1 Å². The first-order valence-electron chi connectivity index (χ1n) is 9.55. The lowest BCUT2D eigenvalue weighted by molar-refractivity contribution is 0.390.